The SMILES string of the molecule is CCN(c1ccc(C)cc1C(N)=S)C(C)C. The highest BCUT2D eigenvalue weighted by Crippen LogP contribution is 2.23. The molecule has 1 rings (SSSR count). The summed E-state index contributed by atoms with van der Waals surface area (Å²) < 4.78 is 0. The summed E-state index contributed by atoms with van der Waals surface area (Å²) in [6.45, 7) is 9.50. The molecule has 0 heterocycles. The summed E-state index contributed by atoms with van der Waals surface area (Å²) in [5.74, 6) is 0. The zero-order chi connectivity index (χ0) is 12.3. The average Bonchev–Trinajstić information content (AvgIpc) is 2.20. The van der Waals surface area contributed by atoms with E-state index in [-0.39, 0.29) is 0 Å². The van der Waals surface area contributed by atoms with Crippen LogP contribution in [0.5, 0.6) is 0 Å². The first-order chi connectivity index (χ1) is 7.47. The van der Waals surface area contributed by atoms with Gasteiger partial charge in [0.2, 0.25) is 0 Å². The minimum atomic E-state index is 0.445. The fourth-order valence-corrected chi connectivity index (χ4v) is 2.07. The monoisotopic (exact) mass is 236 g/mol. The van der Waals surface area contributed by atoms with Gasteiger partial charge in [-0.2, -0.15) is 0 Å². The topological polar surface area (TPSA) is 29.3 Å². The van der Waals surface area contributed by atoms with Crippen LogP contribution in [-0.2, 0) is 0 Å². The van der Waals surface area contributed by atoms with Gasteiger partial charge in [0.1, 0.15) is 4.99 Å². The maximum Gasteiger partial charge on any atom is 0.106 e. The minimum absolute atomic E-state index is 0.445. The Morgan fingerprint density at radius 1 is 1.44 bits per heavy atom. The molecule has 0 aliphatic rings. The standard InChI is InChI=1S/C13H20N2S/c1-5-15(9(2)3)12-7-6-10(4)8-11(12)13(14)16/h6-9H,5H2,1-4H3,(H2,14,16). The van der Waals surface area contributed by atoms with Crippen molar-refractivity contribution < 1.29 is 0 Å². The molecular weight excluding hydrogens is 216 g/mol. The number of hydrogen-bond donors (Lipinski definition) is 1. The second-order valence-corrected chi connectivity index (χ2v) is 4.70. The fraction of sp³-hybridized carbons (Fsp3) is 0.462. The van der Waals surface area contributed by atoms with Crippen LogP contribution in [0, 0.1) is 6.92 Å². The summed E-state index contributed by atoms with van der Waals surface area (Å²) in [6.07, 6.45) is 0. The van der Waals surface area contributed by atoms with Crippen molar-refractivity contribution in [2.75, 3.05) is 11.4 Å². The Labute approximate surface area is 103 Å². The van der Waals surface area contributed by atoms with Gasteiger partial charge in [0.15, 0.2) is 0 Å². The summed E-state index contributed by atoms with van der Waals surface area (Å²) in [6, 6.07) is 6.71. The Morgan fingerprint density at radius 2 is 2.06 bits per heavy atom. The van der Waals surface area contributed by atoms with Gasteiger partial charge in [0, 0.05) is 23.8 Å². The van der Waals surface area contributed by atoms with Crippen molar-refractivity contribution in [3.8, 4) is 0 Å². The second kappa shape index (κ2) is 5.30. The smallest absolute Gasteiger partial charge is 0.106 e. The van der Waals surface area contributed by atoms with Crippen LogP contribution in [0.25, 0.3) is 0 Å². The quantitative estimate of drug-likeness (QED) is 0.815. The Bertz CT molecular complexity index is 386. The maximum absolute atomic E-state index is 5.78. The van der Waals surface area contributed by atoms with E-state index in [1.54, 1.807) is 0 Å². The highest BCUT2D eigenvalue weighted by molar-refractivity contribution is 7.80. The highest BCUT2D eigenvalue weighted by Gasteiger charge is 2.14. The summed E-state index contributed by atoms with van der Waals surface area (Å²) in [5, 5.41) is 0. The molecule has 0 aliphatic carbocycles. The molecule has 0 fully saturated rings. The van der Waals surface area contributed by atoms with E-state index in [9.17, 15) is 0 Å². The number of anilines is 1. The summed E-state index contributed by atoms with van der Waals surface area (Å²) >= 11 is 5.11. The molecule has 0 amide bonds. The molecule has 0 unspecified atom stereocenters. The van der Waals surface area contributed by atoms with Crippen molar-refractivity contribution in [3.63, 3.8) is 0 Å². The van der Waals surface area contributed by atoms with E-state index in [0.29, 0.717) is 11.0 Å². The third-order valence-corrected chi connectivity index (χ3v) is 2.91. The lowest BCUT2D eigenvalue weighted by Gasteiger charge is -2.29. The van der Waals surface area contributed by atoms with Crippen molar-refractivity contribution in [1.82, 2.24) is 0 Å². The molecule has 0 saturated carbocycles. The van der Waals surface area contributed by atoms with Crippen LogP contribution in [0.15, 0.2) is 18.2 Å². The molecule has 0 bridgehead atoms. The lowest BCUT2D eigenvalue weighted by Crippen LogP contribution is -2.32. The normalized spacial score (nSPS) is 10.6. The molecule has 0 saturated heterocycles. The first-order valence-electron chi connectivity index (χ1n) is 5.64. The van der Waals surface area contributed by atoms with Gasteiger partial charge in [-0.05, 0) is 39.8 Å². The van der Waals surface area contributed by atoms with E-state index in [1.165, 1.54) is 5.56 Å². The molecule has 88 valence electrons. The van der Waals surface area contributed by atoms with Crippen LogP contribution < -0.4 is 10.6 Å². The van der Waals surface area contributed by atoms with Crippen LogP contribution in [-0.4, -0.2) is 17.6 Å². The van der Waals surface area contributed by atoms with E-state index in [1.807, 2.05) is 0 Å². The molecular formula is C13H20N2S. The predicted octanol–water partition coefficient (Wildman–Crippen LogP) is 2.86. The van der Waals surface area contributed by atoms with Crippen molar-refractivity contribution in [1.29, 1.82) is 0 Å². The Hall–Kier alpha value is -1.09. The van der Waals surface area contributed by atoms with Crippen LogP contribution in [0.1, 0.15) is 31.9 Å². The first kappa shape index (κ1) is 13.0. The van der Waals surface area contributed by atoms with E-state index in [4.69, 9.17) is 18.0 Å². The van der Waals surface area contributed by atoms with Crippen LogP contribution in [0.4, 0.5) is 5.69 Å². The van der Waals surface area contributed by atoms with Gasteiger partial charge in [-0.15, -0.1) is 0 Å². The average molecular weight is 236 g/mol. The van der Waals surface area contributed by atoms with E-state index < -0.39 is 0 Å². The molecule has 0 aliphatic heterocycles. The summed E-state index contributed by atoms with van der Waals surface area (Å²) in [5.41, 5.74) is 9.08. The van der Waals surface area contributed by atoms with Crippen molar-refractivity contribution in [2.24, 2.45) is 5.73 Å². The van der Waals surface area contributed by atoms with Gasteiger partial charge in [0.25, 0.3) is 0 Å². The molecule has 2 N–H and O–H groups in total. The number of nitrogens with two attached hydrogens (primary N) is 1. The van der Waals surface area contributed by atoms with Gasteiger partial charge >= 0.3 is 0 Å². The van der Waals surface area contributed by atoms with Gasteiger partial charge in [-0.1, -0.05) is 23.8 Å². The lowest BCUT2D eigenvalue weighted by molar-refractivity contribution is 0.703. The van der Waals surface area contributed by atoms with E-state index in [0.717, 1.165) is 17.8 Å². The Balaban J connectivity index is 3.26. The third-order valence-electron chi connectivity index (χ3n) is 2.69. The minimum Gasteiger partial charge on any atom is -0.389 e. The highest BCUT2D eigenvalue weighted by atomic mass is 32.1. The number of nitrogens with zero attached hydrogens (tertiary/aromatic N) is 1. The number of aryl methyl sites for hydroxylation is 1. The molecule has 1 aromatic rings. The molecule has 2 nitrogen and oxygen atoms in total. The molecule has 16 heavy (non-hydrogen) atoms. The zero-order valence-corrected chi connectivity index (χ0v) is 11.3. The molecule has 0 atom stereocenters. The molecule has 1 aromatic carbocycles. The fourth-order valence-electron chi connectivity index (χ4n) is 1.91. The van der Waals surface area contributed by atoms with Crippen molar-refractivity contribution in [2.45, 2.75) is 33.7 Å². The molecule has 0 aromatic heterocycles. The summed E-state index contributed by atoms with van der Waals surface area (Å²) in [7, 11) is 0. The predicted molar refractivity (Wildman–Crippen MR) is 75.2 cm³/mol. The Kier molecular flexibility index (Phi) is 4.30. The molecule has 0 spiro atoms. The van der Waals surface area contributed by atoms with E-state index in [2.05, 4.69) is 50.8 Å². The third kappa shape index (κ3) is 2.73. The Morgan fingerprint density at radius 3 is 2.50 bits per heavy atom. The number of rotatable bonds is 4. The molecule has 3 heteroatoms. The van der Waals surface area contributed by atoms with Gasteiger partial charge in [-0.3, -0.25) is 0 Å². The van der Waals surface area contributed by atoms with Crippen LogP contribution in [0.2, 0.25) is 0 Å². The first-order valence-corrected chi connectivity index (χ1v) is 6.05. The lowest BCUT2D eigenvalue weighted by atomic mass is 10.1. The van der Waals surface area contributed by atoms with Crippen molar-refractivity contribution >= 4 is 22.9 Å². The maximum atomic E-state index is 5.78. The van der Waals surface area contributed by atoms with Crippen molar-refractivity contribution in [3.05, 3.63) is 29.3 Å². The van der Waals surface area contributed by atoms with Gasteiger partial charge in [0.05, 0.1) is 0 Å². The summed E-state index contributed by atoms with van der Waals surface area (Å²) in [4.78, 5) is 2.77. The van der Waals surface area contributed by atoms with Gasteiger partial charge < -0.3 is 10.6 Å². The second-order valence-electron chi connectivity index (χ2n) is 4.26. The molecule has 0 radical (unpaired) electrons. The number of hydrogen-bond acceptors (Lipinski definition) is 2. The zero-order valence-electron chi connectivity index (χ0n) is 10.4. The van der Waals surface area contributed by atoms with Crippen LogP contribution in [0.3, 0.4) is 0 Å². The van der Waals surface area contributed by atoms with E-state index >= 15 is 0 Å². The van der Waals surface area contributed by atoms with Gasteiger partial charge in [-0.25, -0.2) is 0 Å². The number of thiocarbonyl (C=S) groups is 1. The number of benzene rings is 1. The van der Waals surface area contributed by atoms with Crippen LogP contribution >= 0.6 is 12.2 Å². The largest absolute Gasteiger partial charge is 0.389 e.